The number of aromatic nitrogens is 1. The van der Waals surface area contributed by atoms with Crippen molar-refractivity contribution in [3.05, 3.63) is 11.8 Å². The van der Waals surface area contributed by atoms with Gasteiger partial charge in [0.2, 0.25) is 5.91 Å². The molecule has 1 heterocycles. The van der Waals surface area contributed by atoms with Gasteiger partial charge in [0.25, 0.3) is 5.91 Å². The number of hydrogen-bond donors (Lipinski definition) is 2. The SMILES string of the molecule is CC[C@@H](OC(=O)CNC(=O)CC12CC3CC(CC(C3)C1)C2)C(=O)Nc1cc(C)on1. The molecule has 164 valence electrons. The molecule has 0 saturated heterocycles. The average molecular weight is 418 g/mol. The van der Waals surface area contributed by atoms with Crippen molar-refractivity contribution >= 4 is 23.6 Å². The number of aryl methyl sites for hydroxylation is 1. The first-order valence-corrected chi connectivity index (χ1v) is 11.0. The Hall–Kier alpha value is -2.38. The number of anilines is 1. The number of nitrogens with zero attached hydrogens (tertiary/aromatic N) is 1. The summed E-state index contributed by atoms with van der Waals surface area (Å²) >= 11 is 0. The summed E-state index contributed by atoms with van der Waals surface area (Å²) in [7, 11) is 0. The average Bonchev–Trinajstić information content (AvgIpc) is 3.07. The van der Waals surface area contributed by atoms with E-state index in [1.807, 2.05) is 0 Å². The molecule has 0 spiro atoms. The van der Waals surface area contributed by atoms with E-state index in [-0.39, 0.29) is 23.7 Å². The summed E-state index contributed by atoms with van der Waals surface area (Å²) in [5.74, 6) is 2.01. The molecule has 30 heavy (non-hydrogen) atoms. The Morgan fingerprint density at radius 1 is 1.20 bits per heavy atom. The normalized spacial score (nSPS) is 30.0. The highest BCUT2D eigenvalue weighted by atomic mass is 16.5. The van der Waals surface area contributed by atoms with E-state index in [2.05, 4.69) is 15.8 Å². The number of ether oxygens (including phenoxy) is 1. The van der Waals surface area contributed by atoms with E-state index >= 15 is 0 Å². The van der Waals surface area contributed by atoms with Crippen LogP contribution in [-0.4, -0.2) is 35.6 Å². The molecule has 0 aliphatic heterocycles. The third kappa shape index (κ3) is 4.68. The van der Waals surface area contributed by atoms with Crippen LogP contribution in [0.5, 0.6) is 0 Å². The minimum atomic E-state index is -0.949. The second-order valence-corrected chi connectivity index (χ2v) is 9.57. The molecule has 1 aromatic rings. The third-order valence-electron chi connectivity index (χ3n) is 6.95. The maximum absolute atomic E-state index is 12.5. The zero-order valence-corrected chi connectivity index (χ0v) is 17.7. The van der Waals surface area contributed by atoms with Gasteiger partial charge in [0.15, 0.2) is 11.9 Å². The smallest absolute Gasteiger partial charge is 0.326 e. The lowest BCUT2D eigenvalue weighted by atomic mass is 9.49. The van der Waals surface area contributed by atoms with Gasteiger partial charge >= 0.3 is 5.97 Å². The Balaban J connectivity index is 1.23. The first kappa shape index (κ1) is 20.9. The molecule has 1 atom stereocenters. The predicted molar refractivity (Wildman–Crippen MR) is 108 cm³/mol. The van der Waals surface area contributed by atoms with Crippen LogP contribution in [0, 0.1) is 30.1 Å². The Labute approximate surface area is 176 Å². The number of amides is 2. The monoisotopic (exact) mass is 417 g/mol. The number of carbonyl (C=O) groups excluding carboxylic acids is 3. The zero-order chi connectivity index (χ0) is 21.3. The molecule has 4 fully saturated rings. The molecule has 4 bridgehead atoms. The van der Waals surface area contributed by atoms with Crippen LogP contribution in [0.25, 0.3) is 0 Å². The largest absolute Gasteiger partial charge is 0.451 e. The Bertz CT molecular complexity index is 782. The molecule has 1 aromatic heterocycles. The lowest BCUT2D eigenvalue weighted by Crippen LogP contribution is -2.48. The molecular weight excluding hydrogens is 386 g/mol. The van der Waals surface area contributed by atoms with Crippen LogP contribution in [0.15, 0.2) is 10.6 Å². The maximum atomic E-state index is 12.5. The van der Waals surface area contributed by atoms with Gasteiger partial charge in [0.05, 0.1) is 0 Å². The summed E-state index contributed by atoms with van der Waals surface area (Å²) in [5.41, 5.74) is 0.129. The highest BCUT2D eigenvalue weighted by Gasteiger charge is 2.51. The molecule has 4 aliphatic rings. The molecule has 2 N–H and O–H groups in total. The van der Waals surface area contributed by atoms with E-state index in [0.717, 1.165) is 37.0 Å². The lowest BCUT2D eigenvalue weighted by Gasteiger charge is -2.56. The van der Waals surface area contributed by atoms with Gasteiger partial charge < -0.3 is 19.9 Å². The van der Waals surface area contributed by atoms with E-state index in [0.29, 0.717) is 18.6 Å². The minimum Gasteiger partial charge on any atom is -0.451 e. The van der Waals surface area contributed by atoms with Gasteiger partial charge in [-0.2, -0.15) is 0 Å². The molecule has 4 saturated carbocycles. The van der Waals surface area contributed by atoms with Gasteiger partial charge in [0.1, 0.15) is 12.3 Å². The van der Waals surface area contributed by atoms with E-state index in [4.69, 9.17) is 9.26 Å². The van der Waals surface area contributed by atoms with Crippen LogP contribution < -0.4 is 10.6 Å². The molecule has 2 amide bonds. The van der Waals surface area contributed by atoms with E-state index < -0.39 is 18.0 Å². The molecule has 0 radical (unpaired) electrons. The van der Waals surface area contributed by atoms with Crippen LogP contribution >= 0.6 is 0 Å². The highest BCUT2D eigenvalue weighted by molar-refractivity contribution is 5.94. The van der Waals surface area contributed by atoms with E-state index in [1.165, 1.54) is 19.3 Å². The van der Waals surface area contributed by atoms with Gasteiger partial charge in [0, 0.05) is 12.5 Å². The second kappa shape index (κ2) is 8.40. The van der Waals surface area contributed by atoms with Crippen molar-refractivity contribution in [3.63, 3.8) is 0 Å². The summed E-state index contributed by atoms with van der Waals surface area (Å²) in [4.78, 5) is 37.0. The number of nitrogens with one attached hydrogen (secondary N) is 2. The first-order chi connectivity index (χ1) is 14.3. The molecule has 0 unspecified atom stereocenters. The summed E-state index contributed by atoms with van der Waals surface area (Å²) in [6.45, 7) is 3.24. The zero-order valence-electron chi connectivity index (χ0n) is 17.7. The van der Waals surface area contributed by atoms with Crippen LogP contribution in [-0.2, 0) is 19.1 Å². The number of rotatable bonds is 8. The predicted octanol–water partition coefficient (Wildman–Crippen LogP) is 2.97. The molecule has 5 rings (SSSR count). The molecule has 8 nitrogen and oxygen atoms in total. The Kier molecular flexibility index (Phi) is 5.84. The fourth-order valence-electron chi connectivity index (χ4n) is 6.23. The fraction of sp³-hybridized carbons (Fsp3) is 0.727. The van der Waals surface area contributed by atoms with Crippen molar-refractivity contribution < 1.29 is 23.6 Å². The Morgan fingerprint density at radius 2 is 1.83 bits per heavy atom. The van der Waals surface area contributed by atoms with Crippen molar-refractivity contribution in [2.75, 3.05) is 11.9 Å². The summed E-state index contributed by atoms with van der Waals surface area (Å²) in [5, 5.41) is 8.96. The van der Waals surface area contributed by atoms with Gasteiger partial charge in [-0.1, -0.05) is 12.1 Å². The van der Waals surface area contributed by atoms with Crippen molar-refractivity contribution in [1.82, 2.24) is 10.5 Å². The number of hydrogen-bond acceptors (Lipinski definition) is 6. The molecular formula is C22H31N3O5. The van der Waals surface area contributed by atoms with Crippen LogP contribution in [0.3, 0.4) is 0 Å². The first-order valence-electron chi connectivity index (χ1n) is 11.0. The standard InChI is InChI=1S/C22H31N3O5/c1-3-17(21(28)24-18-4-13(2)30-25-18)29-20(27)12-23-19(26)11-22-8-14-5-15(9-22)7-16(6-14)10-22/h4,14-17H,3,5-12H2,1-2H3,(H,23,26)(H,24,25,28)/t14?,15?,16?,17-,22?/m1/s1. The second-order valence-electron chi connectivity index (χ2n) is 9.57. The fourth-order valence-corrected chi connectivity index (χ4v) is 6.23. The van der Waals surface area contributed by atoms with Crippen molar-refractivity contribution in [1.29, 1.82) is 0 Å². The van der Waals surface area contributed by atoms with Gasteiger partial charge in [-0.3, -0.25) is 14.4 Å². The van der Waals surface area contributed by atoms with Gasteiger partial charge in [-0.15, -0.1) is 0 Å². The van der Waals surface area contributed by atoms with E-state index in [9.17, 15) is 14.4 Å². The summed E-state index contributed by atoms with van der Waals surface area (Å²) < 4.78 is 10.2. The quantitative estimate of drug-likeness (QED) is 0.629. The van der Waals surface area contributed by atoms with E-state index in [1.54, 1.807) is 19.9 Å². The molecule has 8 heteroatoms. The highest BCUT2D eigenvalue weighted by Crippen LogP contribution is 2.61. The van der Waals surface area contributed by atoms with Gasteiger partial charge in [-0.25, -0.2) is 0 Å². The molecule has 4 aliphatic carbocycles. The van der Waals surface area contributed by atoms with Gasteiger partial charge in [-0.05, 0) is 75.0 Å². The van der Waals surface area contributed by atoms with Crippen molar-refractivity contribution in [3.8, 4) is 0 Å². The van der Waals surface area contributed by atoms with Crippen LogP contribution in [0.2, 0.25) is 0 Å². The van der Waals surface area contributed by atoms with Crippen molar-refractivity contribution in [2.45, 2.75) is 71.3 Å². The minimum absolute atomic E-state index is 0.0931. The molecule has 0 aromatic carbocycles. The number of esters is 1. The Morgan fingerprint density at radius 3 is 2.37 bits per heavy atom. The van der Waals surface area contributed by atoms with Crippen LogP contribution in [0.1, 0.15) is 64.1 Å². The summed E-state index contributed by atoms with van der Waals surface area (Å²) in [6.07, 6.45) is 7.31. The summed E-state index contributed by atoms with van der Waals surface area (Å²) in [6, 6.07) is 1.58. The van der Waals surface area contributed by atoms with Crippen molar-refractivity contribution in [2.24, 2.45) is 23.2 Å². The number of carbonyl (C=O) groups is 3. The topological polar surface area (TPSA) is 111 Å². The maximum Gasteiger partial charge on any atom is 0.326 e. The third-order valence-corrected chi connectivity index (χ3v) is 6.95. The lowest BCUT2D eigenvalue weighted by molar-refractivity contribution is -0.154. The van der Waals surface area contributed by atoms with Crippen LogP contribution in [0.4, 0.5) is 5.82 Å².